The molecule has 12 heteroatoms. The summed E-state index contributed by atoms with van der Waals surface area (Å²) in [5.74, 6) is 3.11. The van der Waals surface area contributed by atoms with Crippen molar-refractivity contribution in [2.75, 3.05) is 11.9 Å². The zero-order valence-corrected chi connectivity index (χ0v) is 21.0. The van der Waals surface area contributed by atoms with Crippen LogP contribution in [0.5, 0.6) is 5.75 Å². The van der Waals surface area contributed by atoms with Gasteiger partial charge in [0.1, 0.15) is 17.6 Å². The first-order valence-electron chi connectivity index (χ1n) is 11.9. The van der Waals surface area contributed by atoms with Crippen LogP contribution in [0.2, 0.25) is 0 Å². The monoisotopic (exact) mass is 526 g/mol. The first kappa shape index (κ1) is 26.6. The number of H-pyrrole nitrogens is 1. The lowest BCUT2D eigenvalue weighted by molar-refractivity contribution is -0.134. The van der Waals surface area contributed by atoms with E-state index in [9.17, 15) is 4.79 Å². The molecule has 0 saturated carbocycles. The molecule has 1 aliphatic rings. The van der Waals surface area contributed by atoms with E-state index in [-0.39, 0.29) is 11.8 Å². The Hall–Kier alpha value is -5.44. The van der Waals surface area contributed by atoms with Crippen molar-refractivity contribution in [1.82, 2.24) is 24.7 Å². The van der Waals surface area contributed by atoms with Gasteiger partial charge in [-0.1, -0.05) is 5.92 Å². The number of aromatic amines is 1. The molecular formula is C27H26N8O4. The van der Waals surface area contributed by atoms with Gasteiger partial charge in [-0.3, -0.25) is 15.2 Å². The smallest absolute Gasteiger partial charge is 0.350 e. The Morgan fingerprint density at radius 1 is 1.28 bits per heavy atom. The molecule has 1 aliphatic heterocycles. The topological polar surface area (TPSA) is 185 Å². The zero-order valence-electron chi connectivity index (χ0n) is 21.0. The molecule has 4 aromatic rings. The molecule has 0 fully saturated rings. The Morgan fingerprint density at radius 3 is 2.62 bits per heavy atom. The lowest BCUT2D eigenvalue weighted by atomic mass is 9.95. The lowest BCUT2D eigenvalue weighted by Crippen LogP contribution is -2.18. The summed E-state index contributed by atoms with van der Waals surface area (Å²) in [6.45, 7) is 1.71. The van der Waals surface area contributed by atoms with Crippen LogP contribution in [-0.2, 0) is 11.2 Å². The van der Waals surface area contributed by atoms with Gasteiger partial charge >= 0.3 is 5.69 Å². The van der Waals surface area contributed by atoms with Crippen LogP contribution in [0.3, 0.4) is 0 Å². The van der Waals surface area contributed by atoms with Crippen molar-refractivity contribution in [2.24, 2.45) is 5.73 Å². The molecule has 39 heavy (non-hydrogen) atoms. The number of nitrogen functional groups attached to an aromatic ring is 1. The van der Waals surface area contributed by atoms with E-state index in [2.05, 4.69) is 31.3 Å². The molecule has 12 nitrogen and oxygen atoms in total. The maximum absolute atomic E-state index is 12.8. The second-order valence-corrected chi connectivity index (χ2v) is 8.52. The minimum atomic E-state index is -0.833. The molecule has 5 rings (SSSR count). The van der Waals surface area contributed by atoms with Gasteiger partial charge in [-0.2, -0.15) is 0 Å². The molecule has 1 unspecified atom stereocenters. The van der Waals surface area contributed by atoms with Gasteiger partial charge in [0, 0.05) is 30.6 Å². The van der Waals surface area contributed by atoms with Gasteiger partial charge in [-0.15, -0.1) is 16.2 Å². The highest BCUT2D eigenvalue weighted by atomic mass is 16.5. The first-order valence-corrected chi connectivity index (χ1v) is 11.9. The average molecular weight is 527 g/mol. The van der Waals surface area contributed by atoms with Gasteiger partial charge < -0.3 is 20.9 Å². The van der Waals surface area contributed by atoms with Gasteiger partial charge in [-0.05, 0) is 66.4 Å². The number of hydrogen-bond acceptors (Lipinski definition) is 8. The van der Waals surface area contributed by atoms with Crippen LogP contribution in [0, 0.1) is 17.8 Å². The molecule has 0 aliphatic carbocycles. The van der Waals surface area contributed by atoms with Crippen molar-refractivity contribution >= 4 is 17.5 Å². The molecule has 2 aromatic carbocycles. The Labute approximate surface area is 223 Å². The fourth-order valence-electron chi connectivity index (χ4n) is 4.01. The molecule has 6 N–H and O–H groups in total. The van der Waals surface area contributed by atoms with Crippen molar-refractivity contribution in [2.45, 2.75) is 25.8 Å². The minimum Gasteiger partial charge on any atom is -0.492 e. The van der Waals surface area contributed by atoms with Crippen LogP contribution in [0.15, 0.2) is 59.7 Å². The Kier molecular flexibility index (Phi) is 8.01. The number of amidine groups is 1. The summed E-state index contributed by atoms with van der Waals surface area (Å²) in [5, 5.41) is 22.9. The summed E-state index contributed by atoms with van der Waals surface area (Å²) in [6.07, 6.45) is 10.6. The standard InChI is InChI=1S/C25H22N8O2.C2H4O2/c1-2-15-13-18(14-17-5-3-12-35-21(15)17)20(30-19-8-6-16(7-9-19)22(26)27)23-31-25(34)33(32-23)24-28-10-4-11-29-24;1-2(3)4/h1,4,6-11,13-14,20,30H,3,5,12H2,(H3,26,27)(H,31,32,34);1H3,(H,3,4). The molecule has 0 bridgehead atoms. The summed E-state index contributed by atoms with van der Waals surface area (Å²) >= 11 is 0. The quantitative estimate of drug-likeness (QED) is 0.143. The molecule has 198 valence electrons. The summed E-state index contributed by atoms with van der Waals surface area (Å²) < 4.78 is 6.95. The fourth-order valence-corrected chi connectivity index (χ4v) is 4.01. The van der Waals surface area contributed by atoms with Crippen LogP contribution < -0.4 is 21.5 Å². The van der Waals surface area contributed by atoms with Gasteiger partial charge in [0.2, 0.25) is 0 Å². The number of nitrogens with one attached hydrogen (secondary N) is 3. The molecule has 3 heterocycles. The first-order chi connectivity index (χ1) is 18.8. The largest absolute Gasteiger partial charge is 0.492 e. The van der Waals surface area contributed by atoms with Crippen molar-refractivity contribution < 1.29 is 14.6 Å². The lowest BCUT2D eigenvalue weighted by Gasteiger charge is -2.23. The number of anilines is 1. The number of carboxylic acid groups (broad SMARTS) is 1. The highest BCUT2D eigenvalue weighted by Gasteiger charge is 2.24. The normalized spacial score (nSPS) is 12.5. The van der Waals surface area contributed by atoms with E-state index in [0.29, 0.717) is 23.6 Å². The Morgan fingerprint density at radius 2 is 1.97 bits per heavy atom. The van der Waals surface area contributed by atoms with E-state index in [4.69, 9.17) is 32.2 Å². The van der Waals surface area contributed by atoms with Crippen molar-refractivity contribution in [3.05, 3.63) is 93.4 Å². The summed E-state index contributed by atoms with van der Waals surface area (Å²) in [7, 11) is 0. The van der Waals surface area contributed by atoms with E-state index >= 15 is 0 Å². The van der Waals surface area contributed by atoms with Crippen LogP contribution in [-0.4, -0.2) is 48.3 Å². The van der Waals surface area contributed by atoms with E-state index in [0.717, 1.165) is 47.0 Å². The van der Waals surface area contributed by atoms with Gasteiger partial charge in [-0.25, -0.2) is 14.8 Å². The number of terminal acetylenes is 1. The molecule has 0 amide bonds. The maximum atomic E-state index is 12.8. The molecule has 0 radical (unpaired) electrons. The number of hydrogen-bond donors (Lipinski definition) is 5. The second kappa shape index (κ2) is 11.7. The minimum absolute atomic E-state index is 0.0209. The van der Waals surface area contributed by atoms with Crippen LogP contribution in [0.1, 0.15) is 47.5 Å². The van der Waals surface area contributed by atoms with Crippen molar-refractivity contribution in [3.63, 3.8) is 0 Å². The number of aromatic nitrogens is 5. The molecular weight excluding hydrogens is 500 g/mol. The summed E-state index contributed by atoms with van der Waals surface area (Å²) in [4.78, 5) is 32.8. The predicted octanol–water partition coefficient (Wildman–Crippen LogP) is 2.23. The number of nitrogens with two attached hydrogens (primary N) is 1. The van der Waals surface area contributed by atoms with Gasteiger partial charge in [0.25, 0.3) is 11.9 Å². The number of carbonyl (C=O) groups is 1. The Bertz CT molecular complexity index is 1580. The zero-order chi connectivity index (χ0) is 27.9. The number of benzene rings is 2. The number of aryl methyl sites for hydroxylation is 1. The number of aliphatic carboxylic acids is 1. The van der Waals surface area contributed by atoms with Crippen molar-refractivity contribution in [3.8, 4) is 24.0 Å². The number of ether oxygens (including phenoxy) is 1. The van der Waals surface area contributed by atoms with Crippen LogP contribution in [0.4, 0.5) is 5.69 Å². The second-order valence-electron chi connectivity index (χ2n) is 8.52. The average Bonchev–Trinajstić information content (AvgIpc) is 3.32. The molecule has 2 aromatic heterocycles. The van der Waals surface area contributed by atoms with E-state index < -0.39 is 17.7 Å². The van der Waals surface area contributed by atoms with Gasteiger partial charge in [0.05, 0.1) is 12.2 Å². The SMILES string of the molecule is C#Cc1cc(C(Nc2ccc(C(=N)N)cc2)c2nn(-c3ncccn3)c(=O)[nH]2)cc2c1OCCC2.CC(=O)O. The van der Waals surface area contributed by atoms with Crippen molar-refractivity contribution in [1.29, 1.82) is 5.41 Å². The number of fused-ring (bicyclic) bond motifs is 1. The highest BCUT2D eigenvalue weighted by Crippen LogP contribution is 2.34. The number of nitrogens with zero attached hydrogens (tertiary/aromatic N) is 4. The van der Waals surface area contributed by atoms with Crippen LogP contribution in [0.25, 0.3) is 5.95 Å². The third kappa shape index (κ3) is 6.28. The number of carboxylic acids is 1. The summed E-state index contributed by atoms with van der Waals surface area (Å²) in [5.41, 5.74) is 8.92. The summed E-state index contributed by atoms with van der Waals surface area (Å²) in [6, 6.07) is 12.1. The Balaban J connectivity index is 0.000000826. The van der Waals surface area contributed by atoms with Crippen LogP contribution >= 0.6 is 0 Å². The maximum Gasteiger partial charge on any atom is 0.350 e. The van der Waals surface area contributed by atoms with Gasteiger partial charge in [0.15, 0.2) is 5.82 Å². The highest BCUT2D eigenvalue weighted by molar-refractivity contribution is 5.95. The third-order valence-electron chi connectivity index (χ3n) is 5.67. The molecule has 0 spiro atoms. The molecule has 0 saturated heterocycles. The van der Waals surface area contributed by atoms with E-state index in [1.807, 2.05) is 24.3 Å². The molecule has 1 atom stereocenters. The van der Waals surface area contributed by atoms with E-state index in [1.165, 1.54) is 12.4 Å². The fraction of sp³-hybridized carbons (Fsp3) is 0.185. The number of rotatable bonds is 6. The van der Waals surface area contributed by atoms with E-state index in [1.54, 1.807) is 18.2 Å². The third-order valence-corrected chi connectivity index (χ3v) is 5.67. The predicted molar refractivity (Wildman–Crippen MR) is 144 cm³/mol.